The molecular formula is C11H16N2O3S. The summed E-state index contributed by atoms with van der Waals surface area (Å²) < 4.78 is 0. The van der Waals surface area contributed by atoms with Crippen LogP contribution in [0.2, 0.25) is 0 Å². The number of nitrogens with one attached hydrogen (secondary N) is 2. The minimum atomic E-state index is -0.752. The first-order valence-corrected chi connectivity index (χ1v) is 6.87. The molecule has 0 saturated carbocycles. The fourth-order valence-corrected chi connectivity index (χ4v) is 4.06. The Bertz CT molecular complexity index is 359. The third kappa shape index (κ3) is 2.62. The molecule has 0 radical (unpaired) electrons. The van der Waals surface area contributed by atoms with Gasteiger partial charge in [-0.1, -0.05) is 6.42 Å². The van der Waals surface area contributed by atoms with Crippen molar-refractivity contribution in [3.63, 3.8) is 0 Å². The number of carbonyl (C=O) groups is 2. The van der Waals surface area contributed by atoms with Gasteiger partial charge < -0.3 is 10.4 Å². The van der Waals surface area contributed by atoms with E-state index in [2.05, 4.69) is 5.32 Å². The predicted molar refractivity (Wildman–Crippen MR) is 65.5 cm³/mol. The van der Waals surface area contributed by atoms with Gasteiger partial charge in [0.25, 0.3) is 5.91 Å². The van der Waals surface area contributed by atoms with Gasteiger partial charge in [0.05, 0.1) is 6.04 Å². The Kier molecular flexibility index (Phi) is 3.71. The van der Waals surface area contributed by atoms with Gasteiger partial charge >= 0.3 is 5.97 Å². The first-order valence-electron chi connectivity index (χ1n) is 5.82. The maximum absolute atomic E-state index is 11.3. The Morgan fingerprint density at radius 2 is 2.29 bits per heavy atom. The number of aliphatic carboxylic acids is 1. The van der Waals surface area contributed by atoms with Crippen LogP contribution in [0.5, 0.6) is 0 Å². The van der Waals surface area contributed by atoms with E-state index in [1.54, 1.807) is 11.8 Å². The van der Waals surface area contributed by atoms with Crippen molar-refractivity contribution in [2.75, 3.05) is 5.75 Å². The van der Waals surface area contributed by atoms with Crippen LogP contribution in [0.3, 0.4) is 0 Å². The summed E-state index contributed by atoms with van der Waals surface area (Å²) in [6.07, 6.45) is 2.70. The molecule has 2 heterocycles. The number of rotatable bonds is 5. The van der Waals surface area contributed by atoms with Gasteiger partial charge in [0.1, 0.15) is 5.71 Å². The number of hydrogen-bond acceptors (Lipinski definition) is 4. The summed E-state index contributed by atoms with van der Waals surface area (Å²) in [7, 11) is 0. The Morgan fingerprint density at radius 3 is 3.00 bits per heavy atom. The highest BCUT2D eigenvalue weighted by Crippen LogP contribution is 2.38. The lowest BCUT2D eigenvalue weighted by Crippen LogP contribution is -2.34. The zero-order valence-electron chi connectivity index (χ0n) is 9.44. The lowest BCUT2D eigenvalue weighted by atomic mass is 9.96. The Morgan fingerprint density at radius 1 is 1.53 bits per heavy atom. The van der Waals surface area contributed by atoms with Crippen molar-refractivity contribution in [2.24, 2.45) is 5.92 Å². The second-order valence-corrected chi connectivity index (χ2v) is 5.80. The predicted octanol–water partition coefficient (Wildman–Crippen LogP) is 0.881. The fraction of sp³-hybridized carbons (Fsp3) is 0.727. The van der Waals surface area contributed by atoms with E-state index in [4.69, 9.17) is 10.5 Å². The van der Waals surface area contributed by atoms with Gasteiger partial charge in [-0.05, 0) is 12.8 Å². The molecule has 2 rings (SSSR count). The van der Waals surface area contributed by atoms with E-state index in [1.807, 2.05) is 0 Å². The molecule has 94 valence electrons. The van der Waals surface area contributed by atoms with Crippen LogP contribution in [0.4, 0.5) is 0 Å². The van der Waals surface area contributed by atoms with Crippen LogP contribution >= 0.6 is 11.8 Å². The number of thioether (sulfide) groups is 1. The number of hydrogen-bond donors (Lipinski definition) is 3. The number of unbranched alkanes of at least 4 members (excludes halogenated alkanes) is 1. The molecule has 6 heteroatoms. The number of carboxylic acids is 1. The number of carbonyl (C=O) groups excluding carboxylic acids is 1. The van der Waals surface area contributed by atoms with Gasteiger partial charge in [0.15, 0.2) is 0 Å². The maximum Gasteiger partial charge on any atom is 0.303 e. The smallest absolute Gasteiger partial charge is 0.303 e. The molecule has 17 heavy (non-hydrogen) atoms. The first kappa shape index (κ1) is 12.4. The molecule has 2 aliphatic rings. The average Bonchev–Trinajstić information content (AvgIpc) is 2.77. The molecule has 3 atom stereocenters. The van der Waals surface area contributed by atoms with Crippen molar-refractivity contribution in [2.45, 2.75) is 37.0 Å². The standard InChI is InChI=1S/C11H16N2O3S/c12-9-6-5-17-7(10(6)13-11(9)16)3-1-2-4-8(14)15/h6-7,10,12H,1-5H2,(H,13,16)(H,14,15)/t6?,7-,10?/m0/s1. The van der Waals surface area contributed by atoms with Crippen LogP contribution in [0, 0.1) is 11.3 Å². The van der Waals surface area contributed by atoms with E-state index >= 15 is 0 Å². The molecule has 2 saturated heterocycles. The van der Waals surface area contributed by atoms with Crippen LogP contribution in [-0.2, 0) is 9.59 Å². The molecule has 2 unspecified atom stereocenters. The summed E-state index contributed by atoms with van der Waals surface area (Å²) >= 11 is 1.80. The van der Waals surface area contributed by atoms with E-state index in [-0.39, 0.29) is 30.0 Å². The molecule has 0 spiro atoms. The molecule has 0 aromatic carbocycles. The highest BCUT2D eigenvalue weighted by atomic mass is 32.2. The summed E-state index contributed by atoms with van der Waals surface area (Å²) in [5, 5.41) is 19.4. The molecule has 0 bridgehead atoms. The van der Waals surface area contributed by atoms with Crippen molar-refractivity contribution < 1.29 is 14.7 Å². The van der Waals surface area contributed by atoms with Gasteiger partial charge in [0, 0.05) is 23.3 Å². The topological polar surface area (TPSA) is 90.3 Å². The third-order valence-corrected chi connectivity index (χ3v) is 4.87. The van der Waals surface area contributed by atoms with E-state index in [9.17, 15) is 9.59 Å². The fourth-order valence-electron chi connectivity index (χ4n) is 2.43. The summed E-state index contributed by atoms with van der Waals surface area (Å²) in [5.41, 5.74) is 0.218. The largest absolute Gasteiger partial charge is 0.481 e. The average molecular weight is 256 g/mol. The Balaban J connectivity index is 1.78. The van der Waals surface area contributed by atoms with Gasteiger partial charge in [-0.2, -0.15) is 11.8 Å². The highest BCUT2D eigenvalue weighted by molar-refractivity contribution is 8.00. The zero-order valence-corrected chi connectivity index (χ0v) is 10.3. The van der Waals surface area contributed by atoms with Crippen LogP contribution in [-0.4, -0.2) is 39.7 Å². The van der Waals surface area contributed by atoms with Crippen molar-refractivity contribution in [1.29, 1.82) is 5.41 Å². The quantitative estimate of drug-likeness (QED) is 0.637. The summed E-state index contributed by atoms with van der Waals surface area (Å²) in [5.74, 6) is -0.0723. The SMILES string of the molecule is N=C1C(=O)NC2C1CS[C@H]2CCCCC(=O)O. The number of fused-ring (bicyclic) bond motifs is 1. The lowest BCUT2D eigenvalue weighted by molar-refractivity contribution is -0.137. The van der Waals surface area contributed by atoms with Crippen LogP contribution in [0.1, 0.15) is 25.7 Å². The summed E-state index contributed by atoms with van der Waals surface area (Å²) in [4.78, 5) is 21.7. The molecule has 0 aromatic rings. The van der Waals surface area contributed by atoms with Crippen molar-refractivity contribution in [3.05, 3.63) is 0 Å². The van der Waals surface area contributed by atoms with E-state index < -0.39 is 5.97 Å². The third-order valence-electron chi connectivity index (χ3n) is 3.37. The molecule has 1 amide bonds. The molecule has 5 nitrogen and oxygen atoms in total. The number of carboxylic acid groups (broad SMARTS) is 1. The normalized spacial score (nSPS) is 31.4. The van der Waals surface area contributed by atoms with E-state index in [0.717, 1.165) is 18.6 Å². The van der Waals surface area contributed by atoms with E-state index in [1.165, 1.54) is 0 Å². The summed E-state index contributed by atoms with van der Waals surface area (Å²) in [6, 6.07) is 0.102. The zero-order chi connectivity index (χ0) is 12.4. The molecule has 0 aromatic heterocycles. The maximum atomic E-state index is 11.3. The lowest BCUT2D eigenvalue weighted by Gasteiger charge is -2.16. The van der Waals surface area contributed by atoms with Crippen LogP contribution in [0.15, 0.2) is 0 Å². The van der Waals surface area contributed by atoms with Crippen molar-refractivity contribution in [3.8, 4) is 0 Å². The van der Waals surface area contributed by atoms with Gasteiger partial charge in [-0.25, -0.2) is 0 Å². The molecule has 0 aliphatic carbocycles. The second-order valence-electron chi connectivity index (χ2n) is 4.53. The second kappa shape index (κ2) is 5.08. The van der Waals surface area contributed by atoms with Gasteiger partial charge in [-0.3, -0.25) is 15.0 Å². The van der Waals surface area contributed by atoms with Crippen molar-refractivity contribution in [1.82, 2.24) is 5.32 Å². The first-order chi connectivity index (χ1) is 8.09. The summed E-state index contributed by atoms with van der Waals surface area (Å²) in [6.45, 7) is 0. The molecule has 3 N–H and O–H groups in total. The number of amides is 1. The highest BCUT2D eigenvalue weighted by Gasteiger charge is 2.46. The Labute approximate surface area is 104 Å². The van der Waals surface area contributed by atoms with Crippen LogP contribution in [0.25, 0.3) is 0 Å². The molecule has 2 fully saturated rings. The monoisotopic (exact) mass is 256 g/mol. The van der Waals surface area contributed by atoms with Crippen molar-refractivity contribution >= 4 is 29.4 Å². The molecule has 2 aliphatic heterocycles. The van der Waals surface area contributed by atoms with Gasteiger partial charge in [0.2, 0.25) is 0 Å². The minimum Gasteiger partial charge on any atom is -0.481 e. The van der Waals surface area contributed by atoms with Gasteiger partial charge in [-0.15, -0.1) is 0 Å². The van der Waals surface area contributed by atoms with E-state index in [0.29, 0.717) is 11.7 Å². The minimum absolute atomic E-state index is 0.0666. The van der Waals surface area contributed by atoms with Crippen LogP contribution < -0.4 is 5.32 Å². The Hall–Kier alpha value is -1.04. The molecular weight excluding hydrogens is 240 g/mol.